The summed E-state index contributed by atoms with van der Waals surface area (Å²) in [5.74, 6) is 1.40. The van der Waals surface area contributed by atoms with E-state index in [2.05, 4.69) is 26.3 Å². The van der Waals surface area contributed by atoms with Crippen LogP contribution in [0.1, 0.15) is 41.8 Å². The Labute approximate surface area is 184 Å². The molecule has 0 saturated carbocycles. The summed E-state index contributed by atoms with van der Waals surface area (Å²) in [4.78, 5) is 28.1. The SMILES string of the molecule is CCOC(=O)[C@]1(C)CCc2c(sc3ncnc(Nc4cc5c(cc4OC)CN=C5)c23)C1. The fourth-order valence-corrected chi connectivity index (χ4v) is 5.77. The normalized spacial score (nSPS) is 19.2. The van der Waals surface area contributed by atoms with Crippen LogP contribution in [0, 0.1) is 5.41 Å². The van der Waals surface area contributed by atoms with Crippen molar-refractivity contribution in [2.24, 2.45) is 10.4 Å². The average molecular weight is 437 g/mol. The maximum Gasteiger partial charge on any atom is 0.312 e. The summed E-state index contributed by atoms with van der Waals surface area (Å²) in [6.07, 6.45) is 5.68. The van der Waals surface area contributed by atoms with Crippen LogP contribution in [0.15, 0.2) is 23.5 Å². The van der Waals surface area contributed by atoms with Crippen LogP contribution in [-0.4, -0.2) is 35.9 Å². The minimum Gasteiger partial charge on any atom is -0.495 e. The van der Waals surface area contributed by atoms with Crippen molar-refractivity contribution in [2.75, 3.05) is 19.0 Å². The zero-order valence-electron chi connectivity index (χ0n) is 17.8. The number of esters is 1. The first-order valence-corrected chi connectivity index (χ1v) is 11.2. The summed E-state index contributed by atoms with van der Waals surface area (Å²) < 4.78 is 11.0. The van der Waals surface area contributed by atoms with Gasteiger partial charge in [-0.05, 0) is 61.9 Å². The van der Waals surface area contributed by atoms with Crippen LogP contribution in [0.3, 0.4) is 0 Å². The second-order valence-corrected chi connectivity index (χ2v) is 9.29. The summed E-state index contributed by atoms with van der Waals surface area (Å²) in [7, 11) is 1.67. The molecule has 3 aromatic rings. The third-order valence-corrected chi connectivity index (χ3v) is 7.26. The van der Waals surface area contributed by atoms with E-state index in [1.165, 1.54) is 10.4 Å². The zero-order valence-corrected chi connectivity index (χ0v) is 18.6. The Kier molecular flexibility index (Phi) is 4.89. The first kappa shape index (κ1) is 19.9. The van der Waals surface area contributed by atoms with Gasteiger partial charge in [0.1, 0.15) is 22.7 Å². The lowest BCUT2D eigenvalue weighted by atomic mass is 9.75. The molecule has 0 amide bonds. The molecule has 0 fully saturated rings. The van der Waals surface area contributed by atoms with Crippen molar-refractivity contribution in [1.29, 1.82) is 0 Å². The molecule has 1 aliphatic heterocycles. The van der Waals surface area contributed by atoms with Crippen LogP contribution in [0.4, 0.5) is 11.5 Å². The van der Waals surface area contributed by atoms with Crippen molar-refractivity contribution in [2.45, 2.75) is 39.7 Å². The lowest BCUT2D eigenvalue weighted by Crippen LogP contribution is -2.35. The number of hydrogen-bond acceptors (Lipinski definition) is 8. The molecular weight excluding hydrogens is 412 g/mol. The van der Waals surface area contributed by atoms with E-state index in [4.69, 9.17) is 9.47 Å². The molecule has 8 heteroatoms. The topological polar surface area (TPSA) is 85.7 Å². The Bertz CT molecular complexity index is 1220. The van der Waals surface area contributed by atoms with Crippen molar-refractivity contribution in [3.8, 4) is 5.75 Å². The molecule has 1 N–H and O–H groups in total. The molecule has 0 spiro atoms. The highest BCUT2D eigenvalue weighted by atomic mass is 32.1. The largest absolute Gasteiger partial charge is 0.495 e. The van der Waals surface area contributed by atoms with Crippen LogP contribution in [-0.2, 0) is 28.9 Å². The number of fused-ring (bicyclic) bond motifs is 4. The molecule has 5 rings (SSSR count). The Morgan fingerprint density at radius 3 is 3.00 bits per heavy atom. The van der Waals surface area contributed by atoms with E-state index in [9.17, 15) is 4.79 Å². The quantitative estimate of drug-likeness (QED) is 0.596. The lowest BCUT2D eigenvalue weighted by molar-refractivity contribution is -0.155. The fourth-order valence-electron chi connectivity index (χ4n) is 4.39. The highest BCUT2D eigenvalue weighted by Crippen LogP contribution is 2.45. The number of nitrogens with zero attached hydrogens (tertiary/aromatic N) is 3. The van der Waals surface area contributed by atoms with E-state index in [1.54, 1.807) is 24.8 Å². The number of thiophene rings is 1. The number of hydrogen-bond donors (Lipinski definition) is 1. The molecule has 1 aliphatic carbocycles. The smallest absolute Gasteiger partial charge is 0.312 e. The van der Waals surface area contributed by atoms with Gasteiger partial charge in [-0.1, -0.05) is 0 Å². The minimum absolute atomic E-state index is 0.118. The van der Waals surface area contributed by atoms with Crippen molar-refractivity contribution >= 4 is 45.2 Å². The molecule has 7 nitrogen and oxygen atoms in total. The number of carbonyl (C=O) groups is 1. The molecule has 0 saturated heterocycles. The summed E-state index contributed by atoms with van der Waals surface area (Å²) in [5.41, 5.74) is 3.83. The van der Waals surface area contributed by atoms with Gasteiger partial charge >= 0.3 is 5.97 Å². The monoisotopic (exact) mass is 436 g/mol. The number of nitrogens with one attached hydrogen (secondary N) is 1. The molecule has 2 aliphatic rings. The van der Waals surface area contributed by atoms with E-state index >= 15 is 0 Å². The van der Waals surface area contributed by atoms with Crippen LogP contribution in [0.2, 0.25) is 0 Å². The Balaban J connectivity index is 1.54. The highest BCUT2D eigenvalue weighted by Gasteiger charge is 2.40. The number of anilines is 2. The van der Waals surface area contributed by atoms with Gasteiger partial charge < -0.3 is 14.8 Å². The molecular formula is C23H24N4O3S. The van der Waals surface area contributed by atoms with E-state index in [0.717, 1.165) is 51.4 Å². The summed E-state index contributed by atoms with van der Waals surface area (Å²) in [6.45, 7) is 4.93. The van der Waals surface area contributed by atoms with Gasteiger partial charge in [0.05, 0.1) is 36.8 Å². The molecule has 31 heavy (non-hydrogen) atoms. The van der Waals surface area contributed by atoms with Crippen LogP contribution in [0.25, 0.3) is 10.2 Å². The fraction of sp³-hybridized carbons (Fsp3) is 0.391. The third kappa shape index (κ3) is 3.35. The number of aromatic nitrogens is 2. The molecule has 160 valence electrons. The van der Waals surface area contributed by atoms with Crippen LogP contribution < -0.4 is 10.1 Å². The van der Waals surface area contributed by atoms with E-state index in [-0.39, 0.29) is 5.97 Å². The highest BCUT2D eigenvalue weighted by molar-refractivity contribution is 7.19. The minimum atomic E-state index is -0.493. The van der Waals surface area contributed by atoms with E-state index < -0.39 is 5.41 Å². The molecule has 2 aromatic heterocycles. The maximum atomic E-state index is 12.5. The number of methoxy groups -OCH3 is 1. The standard InChI is InChI=1S/C23H24N4O3S/c1-4-30-22(28)23(2)6-5-15-18(9-23)31-21-19(15)20(25-12-26-21)27-16-7-13-10-24-11-14(13)8-17(16)29-3/h7-8,10,12H,4-6,9,11H2,1-3H3,(H,25,26,27)/t23-/m1/s1. The number of benzene rings is 1. The van der Waals surface area contributed by atoms with Crippen LogP contribution >= 0.6 is 11.3 Å². The first-order valence-electron chi connectivity index (χ1n) is 10.4. The van der Waals surface area contributed by atoms with Gasteiger partial charge in [0.2, 0.25) is 0 Å². The Hall–Kier alpha value is -3.00. The van der Waals surface area contributed by atoms with Gasteiger partial charge in [-0.3, -0.25) is 9.79 Å². The second-order valence-electron chi connectivity index (χ2n) is 8.21. The summed E-state index contributed by atoms with van der Waals surface area (Å²) in [6, 6.07) is 4.08. The number of aryl methyl sites for hydroxylation is 1. The van der Waals surface area contributed by atoms with Crippen molar-refractivity contribution in [3.63, 3.8) is 0 Å². The summed E-state index contributed by atoms with van der Waals surface area (Å²) in [5, 5.41) is 4.51. The maximum absolute atomic E-state index is 12.5. The summed E-state index contributed by atoms with van der Waals surface area (Å²) >= 11 is 1.64. The zero-order chi connectivity index (χ0) is 21.6. The number of carbonyl (C=O) groups excluding carboxylic acids is 1. The van der Waals surface area contributed by atoms with Gasteiger partial charge in [0, 0.05) is 11.1 Å². The number of aliphatic imine (C=N–C) groups is 1. The molecule has 1 aromatic carbocycles. The number of rotatable bonds is 5. The molecule has 0 radical (unpaired) electrons. The van der Waals surface area contributed by atoms with Crippen molar-refractivity contribution < 1.29 is 14.3 Å². The molecule has 1 atom stereocenters. The number of ether oxygens (including phenoxy) is 2. The Morgan fingerprint density at radius 2 is 2.19 bits per heavy atom. The van der Waals surface area contributed by atoms with Crippen LogP contribution in [0.5, 0.6) is 5.75 Å². The lowest BCUT2D eigenvalue weighted by Gasteiger charge is -2.31. The second kappa shape index (κ2) is 7.60. The molecule has 0 unspecified atom stereocenters. The van der Waals surface area contributed by atoms with Gasteiger partial charge in [-0.25, -0.2) is 9.97 Å². The van der Waals surface area contributed by atoms with Gasteiger partial charge in [-0.15, -0.1) is 11.3 Å². The average Bonchev–Trinajstić information content (AvgIpc) is 3.36. The third-order valence-electron chi connectivity index (χ3n) is 6.12. The molecule has 3 heterocycles. The van der Waals surface area contributed by atoms with E-state index in [1.807, 2.05) is 26.1 Å². The Morgan fingerprint density at radius 1 is 1.32 bits per heavy atom. The predicted molar refractivity (Wildman–Crippen MR) is 122 cm³/mol. The van der Waals surface area contributed by atoms with Crippen molar-refractivity contribution in [1.82, 2.24) is 9.97 Å². The van der Waals surface area contributed by atoms with Gasteiger partial charge in [-0.2, -0.15) is 0 Å². The molecule has 0 bridgehead atoms. The van der Waals surface area contributed by atoms with E-state index in [0.29, 0.717) is 19.6 Å². The predicted octanol–water partition coefficient (Wildman–Crippen LogP) is 4.43. The van der Waals surface area contributed by atoms with Gasteiger partial charge in [0.25, 0.3) is 0 Å². The van der Waals surface area contributed by atoms with Gasteiger partial charge in [0.15, 0.2) is 0 Å². The van der Waals surface area contributed by atoms with Crippen molar-refractivity contribution in [3.05, 3.63) is 40.0 Å². The first-order chi connectivity index (χ1) is 15.0.